The van der Waals surface area contributed by atoms with E-state index in [1.807, 2.05) is 0 Å². The number of aromatic nitrogens is 2. The minimum absolute atomic E-state index is 0.00449. The summed E-state index contributed by atoms with van der Waals surface area (Å²) >= 11 is 0. The summed E-state index contributed by atoms with van der Waals surface area (Å²) in [4.78, 5) is 22.1. The number of nitrogens with zero attached hydrogens (tertiary/aromatic N) is 3. The quantitative estimate of drug-likeness (QED) is 0.464. The predicted octanol–water partition coefficient (Wildman–Crippen LogP) is 1.68. The van der Waals surface area contributed by atoms with Crippen LogP contribution >= 0.6 is 0 Å². The average Bonchev–Trinajstić information content (AvgIpc) is 2.86. The summed E-state index contributed by atoms with van der Waals surface area (Å²) < 4.78 is 6.37. The number of hydrogen-bond donors (Lipinski definition) is 0. The Morgan fingerprint density at radius 2 is 2.32 bits per heavy atom. The maximum atomic E-state index is 12.0. The zero-order valence-corrected chi connectivity index (χ0v) is 10.1. The van der Waals surface area contributed by atoms with Crippen LogP contribution in [0.25, 0.3) is 0 Å². The van der Waals surface area contributed by atoms with Crippen molar-refractivity contribution >= 4 is 11.5 Å². The Balaban J connectivity index is 2.15. The van der Waals surface area contributed by atoms with E-state index in [0.717, 1.165) is 0 Å². The van der Waals surface area contributed by atoms with E-state index < -0.39 is 4.92 Å². The molecule has 0 atom stereocenters. The number of ketones is 1. The Hall–Kier alpha value is -2.70. The number of nitro groups is 1. The van der Waals surface area contributed by atoms with Crippen LogP contribution in [0.3, 0.4) is 0 Å². The molecular formula is C12H11N3O4. The first-order valence-electron chi connectivity index (χ1n) is 5.44. The summed E-state index contributed by atoms with van der Waals surface area (Å²) in [5.41, 5.74) is 0.174. The molecule has 98 valence electrons. The molecule has 2 aromatic rings. The van der Waals surface area contributed by atoms with E-state index >= 15 is 0 Å². The molecule has 7 nitrogen and oxygen atoms in total. The van der Waals surface area contributed by atoms with Crippen molar-refractivity contribution in [3.63, 3.8) is 0 Å². The van der Waals surface area contributed by atoms with Crippen LogP contribution in [0.1, 0.15) is 10.4 Å². The standard InChI is InChI=1S/C12H11N3O4/c1-19-11-6-13-14(7-11)8-12(16)9-3-2-4-10(5-9)15(17)18/h2-7H,8H2,1H3. The molecule has 19 heavy (non-hydrogen) atoms. The Morgan fingerprint density at radius 1 is 1.53 bits per heavy atom. The maximum absolute atomic E-state index is 12.0. The molecule has 0 spiro atoms. The van der Waals surface area contributed by atoms with Crippen molar-refractivity contribution in [2.45, 2.75) is 6.54 Å². The number of Topliss-reactive ketones (excluding diaryl/α,β-unsaturated/α-hetero) is 1. The van der Waals surface area contributed by atoms with Crippen LogP contribution in [0, 0.1) is 10.1 Å². The van der Waals surface area contributed by atoms with Gasteiger partial charge >= 0.3 is 0 Å². The minimum atomic E-state index is -0.534. The summed E-state index contributed by atoms with van der Waals surface area (Å²) in [6.45, 7) is 0.00449. The van der Waals surface area contributed by atoms with Gasteiger partial charge < -0.3 is 4.74 Å². The summed E-state index contributed by atoms with van der Waals surface area (Å²) in [7, 11) is 1.50. The van der Waals surface area contributed by atoms with E-state index in [-0.39, 0.29) is 23.6 Å². The molecule has 0 N–H and O–H groups in total. The van der Waals surface area contributed by atoms with Crippen LogP contribution in [-0.2, 0) is 6.54 Å². The summed E-state index contributed by atoms with van der Waals surface area (Å²) in [6.07, 6.45) is 3.07. The number of nitro benzene ring substituents is 1. The van der Waals surface area contributed by atoms with Crippen LogP contribution in [0.2, 0.25) is 0 Å². The number of benzene rings is 1. The molecule has 0 radical (unpaired) electrons. The van der Waals surface area contributed by atoms with Crippen LogP contribution in [0.15, 0.2) is 36.7 Å². The van der Waals surface area contributed by atoms with Crippen molar-refractivity contribution in [2.24, 2.45) is 0 Å². The van der Waals surface area contributed by atoms with Gasteiger partial charge in [0.15, 0.2) is 11.5 Å². The van der Waals surface area contributed by atoms with Crippen molar-refractivity contribution in [3.8, 4) is 5.75 Å². The van der Waals surface area contributed by atoms with Gasteiger partial charge in [0.2, 0.25) is 0 Å². The first-order chi connectivity index (χ1) is 9.10. The Bertz CT molecular complexity index is 621. The zero-order valence-electron chi connectivity index (χ0n) is 10.1. The second kappa shape index (κ2) is 5.30. The summed E-state index contributed by atoms with van der Waals surface area (Å²) in [5, 5.41) is 14.6. The number of rotatable bonds is 5. The summed E-state index contributed by atoms with van der Waals surface area (Å²) in [6, 6.07) is 5.61. The van der Waals surface area contributed by atoms with Gasteiger partial charge in [-0.2, -0.15) is 5.10 Å². The molecule has 0 aliphatic carbocycles. The fraction of sp³-hybridized carbons (Fsp3) is 0.167. The molecule has 7 heteroatoms. The molecule has 1 heterocycles. The first-order valence-corrected chi connectivity index (χ1v) is 5.44. The lowest BCUT2D eigenvalue weighted by molar-refractivity contribution is -0.384. The highest BCUT2D eigenvalue weighted by molar-refractivity contribution is 5.96. The molecule has 0 fully saturated rings. The number of methoxy groups -OCH3 is 1. The van der Waals surface area contributed by atoms with Crippen molar-refractivity contribution in [1.29, 1.82) is 0 Å². The third-order valence-corrected chi connectivity index (χ3v) is 2.53. The van der Waals surface area contributed by atoms with Gasteiger partial charge in [0.25, 0.3) is 5.69 Å². The van der Waals surface area contributed by atoms with Crippen molar-refractivity contribution in [2.75, 3.05) is 7.11 Å². The van der Waals surface area contributed by atoms with E-state index in [4.69, 9.17) is 4.74 Å². The van der Waals surface area contributed by atoms with Crippen molar-refractivity contribution in [1.82, 2.24) is 9.78 Å². The lowest BCUT2D eigenvalue weighted by Gasteiger charge is -2.01. The van der Waals surface area contributed by atoms with Crippen LogP contribution in [0.4, 0.5) is 5.69 Å². The fourth-order valence-electron chi connectivity index (χ4n) is 1.57. The SMILES string of the molecule is COc1cnn(CC(=O)c2cccc([N+](=O)[O-])c2)c1. The molecule has 0 amide bonds. The lowest BCUT2D eigenvalue weighted by atomic mass is 10.1. The highest BCUT2D eigenvalue weighted by Crippen LogP contribution is 2.14. The normalized spacial score (nSPS) is 10.2. The minimum Gasteiger partial charge on any atom is -0.493 e. The number of non-ortho nitro benzene ring substituents is 1. The topological polar surface area (TPSA) is 87.3 Å². The van der Waals surface area contributed by atoms with E-state index in [1.165, 1.54) is 42.3 Å². The molecule has 2 rings (SSSR count). The van der Waals surface area contributed by atoms with Gasteiger partial charge in [-0.15, -0.1) is 0 Å². The van der Waals surface area contributed by atoms with Gasteiger partial charge in [-0.05, 0) is 0 Å². The summed E-state index contributed by atoms with van der Waals surface area (Å²) in [5.74, 6) is 0.293. The highest BCUT2D eigenvalue weighted by Gasteiger charge is 2.12. The van der Waals surface area contributed by atoms with Gasteiger partial charge in [-0.25, -0.2) is 0 Å². The largest absolute Gasteiger partial charge is 0.493 e. The van der Waals surface area contributed by atoms with E-state index in [2.05, 4.69) is 5.10 Å². The third-order valence-electron chi connectivity index (χ3n) is 2.53. The molecule has 0 saturated heterocycles. The average molecular weight is 261 g/mol. The molecular weight excluding hydrogens is 250 g/mol. The van der Waals surface area contributed by atoms with Crippen molar-refractivity contribution in [3.05, 3.63) is 52.3 Å². The molecule has 0 bridgehead atoms. The molecule has 1 aromatic carbocycles. The highest BCUT2D eigenvalue weighted by atomic mass is 16.6. The molecule has 1 aromatic heterocycles. The Morgan fingerprint density at radius 3 is 2.95 bits per heavy atom. The Labute approximate surface area is 108 Å². The Kier molecular flexibility index (Phi) is 3.56. The second-order valence-electron chi connectivity index (χ2n) is 3.81. The monoisotopic (exact) mass is 261 g/mol. The van der Waals surface area contributed by atoms with Crippen LogP contribution in [0.5, 0.6) is 5.75 Å². The lowest BCUT2D eigenvalue weighted by Crippen LogP contribution is -2.11. The molecule has 0 aliphatic heterocycles. The molecule has 0 unspecified atom stereocenters. The number of ether oxygens (including phenoxy) is 1. The smallest absolute Gasteiger partial charge is 0.270 e. The number of hydrogen-bond acceptors (Lipinski definition) is 5. The number of carbonyl (C=O) groups is 1. The van der Waals surface area contributed by atoms with Gasteiger partial charge in [-0.1, -0.05) is 12.1 Å². The first kappa shape index (κ1) is 12.7. The molecule has 0 saturated carbocycles. The van der Waals surface area contributed by atoms with Gasteiger partial charge in [0.1, 0.15) is 6.54 Å². The third kappa shape index (κ3) is 2.95. The van der Waals surface area contributed by atoms with Crippen molar-refractivity contribution < 1.29 is 14.5 Å². The molecule has 0 aliphatic rings. The van der Waals surface area contributed by atoms with Crippen LogP contribution < -0.4 is 4.74 Å². The second-order valence-corrected chi connectivity index (χ2v) is 3.81. The fourth-order valence-corrected chi connectivity index (χ4v) is 1.57. The zero-order chi connectivity index (χ0) is 13.8. The van der Waals surface area contributed by atoms with Gasteiger partial charge in [0, 0.05) is 17.7 Å². The van der Waals surface area contributed by atoms with Gasteiger partial charge in [0.05, 0.1) is 24.4 Å². The van der Waals surface area contributed by atoms with E-state index in [9.17, 15) is 14.9 Å². The maximum Gasteiger partial charge on any atom is 0.270 e. The van der Waals surface area contributed by atoms with E-state index in [1.54, 1.807) is 6.20 Å². The van der Waals surface area contributed by atoms with E-state index in [0.29, 0.717) is 5.75 Å². The van der Waals surface area contributed by atoms with Crippen LogP contribution in [-0.4, -0.2) is 27.6 Å². The predicted molar refractivity (Wildman–Crippen MR) is 66.2 cm³/mol. The number of carbonyl (C=O) groups excluding carboxylic acids is 1. The van der Waals surface area contributed by atoms with Gasteiger partial charge in [-0.3, -0.25) is 19.6 Å².